The average molecular weight is 327 g/mol. The largest absolute Gasteiger partial charge is 0.489 e. The van der Waals surface area contributed by atoms with Crippen molar-refractivity contribution in [1.82, 2.24) is 15.3 Å². The molecule has 0 saturated heterocycles. The van der Waals surface area contributed by atoms with Crippen LogP contribution in [-0.4, -0.2) is 42.8 Å². The highest BCUT2D eigenvalue weighted by molar-refractivity contribution is 5.39. The molecule has 0 aliphatic carbocycles. The van der Waals surface area contributed by atoms with Gasteiger partial charge in [0.15, 0.2) is 0 Å². The summed E-state index contributed by atoms with van der Waals surface area (Å²) in [5, 5.41) is 9.73. The van der Waals surface area contributed by atoms with Crippen LogP contribution in [0.1, 0.15) is 18.4 Å². The predicted octanol–water partition coefficient (Wildman–Crippen LogP) is 2.30. The van der Waals surface area contributed by atoms with Crippen LogP contribution in [0.4, 0.5) is 11.8 Å². The number of hydrogen-bond acceptors (Lipinski definition) is 6. The summed E-state index contributed by atoms with van der Waals surface area (Å²) in [5.74, 6) is 2.52. The van der Waals surface area contributed by atoms with Crippen LogP contribution in [0.15, 0.2) is 36.5 Å². The number of nitrogens with zero attached hydrogens (tertiary/aromatic N) is 2. The van der Waals surface area contributed by atoms with Crippen LogP contribution in [0.5, 0.6) is 5.75 Å². The molecule has 1 aliphatic rings. The van der Waals surface area contributed by atoms with Gasteiger partial charge in [-0.2, -0.15) is 4.98 Å². The first-order valence-corrected chi connectivity index (χ1v) is 8.55. The predicted molar refractivity (Wildman–Crippen MR) is 96.7 cm³/mol. The van der Waals surface area contributed by atoms with Crippen LogP contribution >= 0.6 is 0 Å². The van der Waals surface area contributed by atoms with Gasteiger partial charge in [0.05, 0.1) is 0 Å². The molecule has 1 aromatic carbocycles. The minimum atomic E-state index is 0.271. The number of benzene rings is 1. The first-order chi connectivity index (χ1) is 11.8. The molecule has 6 heteroatoms. The van der Waals surface area contributed by atoms with Crippen LogP contribution in [0, 0.1) is 0 Å². The van der Waals surface area contributed by atoms with Gasteiger partial charge in [0.2, 0.25) is 5.95 Å². The zero-order valence-electron chi connectivity index (χ0n) is 14.1. The molecule has 1 unspecified atom stereocenters. The quantitative estimate of drug-likeness (QED) is 0.646. The van der Waals surface area contributed by atoms with E-state index in [4.69, 9.17) is 4.74 Å². The summed E-state index contributed by atoms with van der Waals surface area (Å²) in [5.41, 5.74) is 1.32. The van der Waals surface area contributed by atoms with Gasteiger partial charge in [-0.25, -0.2) is 4.98 Å². The summed E-state index contributed by atoms with van der Waals surface area (Å²) in [6, 6.07) is 10.2. The molecule has 128 valence electrons. The second-order valence-corrected chi connectivity index (χ2v) is 5.89. The number of nitrogens with one attached hydrogen (secondary N) is 3. The van der Waals surface area contributed by atoms with E-state index < -0.39 is 0 Å². The number of para-hydroxylation sites is 1. The summed E-state index contributed by atoms with van der Waals surface area (Å²) in [7, 11) is 1.81. The van der Waals surface area contributed by atoms with Crippen molar-refractivity contribution in [2.75, 3.05) is 37.3 Å². The Morgan fingerprint density at radius 1 is 1.21 bits per heavy atom. The Morgan fingerprint density at radius 2 is 2.12 bits per heavy atom. The van der Waals surface area contributed by atoms with E-state index in [2.05, 4.69) is 44.1 Å². The number of anilines is 2. The van der Waals surface area contributed by atoms with Crippen molar-refractivity contribution in [3.63, 3.8) is 0 Å². The Labute approximate surface area is 143 Å². The van der Waals surface area contributed by atoms with Crippen molar-refractivity contribution in [1.29, 1.82) is 0 Å². The lowest BCUT2D eigenvalue weighted by molar-refractivity contribution is 0.171. The molecule has 2 aromatic rings. The molecule has 1 aliphatic heterocycles. The third-order valence-electron chi connectivity index (χ3n) is 4.09. The van der Waals surface area contributed by atoms with Crippen LogP contribution in [0.3, 0.4) is 0 Å². The lowest BCUT2D eigenvalue weighted by atomic mass is 10.0. The first kappa shape index (κ1) is 16.5. The highest BCUT2D eigenvalue weighted by atomic mass is 16.5. The molecule has 1 aromatic heterocycles. The SMILES string of the molecule is CNc1nccc(NCCCNCC2CCc3ccccc3O2)n1. The van der Waals surface area contributed by atoms with Crippen molar-refractivity contribution < 1.29 is 4.74 Å². The van der Waals surface area contributed by atoms with Crippen molar-refractivity contribution in [2.24, 2.45) is 0 Å². The maximum Gasteiger partial charge on any atom is 0.224 e. The molecule has 6 nitrogen and oxygen atoms in total. The number of aryl methyl sites for hydroxylation is 1. The van der Waals surface area contributed by atoms with Crippen LogP contribution in [0.2, 0.25) is 0 Å². The zero-order chi connectivity index (χ0) is 16.6. The fourth-order valence-electron chi connectivity index (χ4n) is 2.79. The highest BCUT2D eigenvalue weighted by Crippen LogP contribution is 2.26. The summed E-state index contributed by atoms with van der Waals surface area (Å²) in [6.07, 6.45) is 5.23. The topological polar surface area (TPSA) is 71.1 Å². The molecule has 0 bridgehead atoms. The van der Waals surface area contributed by atoms with Crippen molar-refractivity contribution in [3.05, 3.63) is 42.1 Å². The standard InChI is InChI=1S/C18H25N5O/c1-19-18-22-12-9-17(23-18)21-11-4-10-20-13-15-8-7-14-5-2-3-6-16(14)24-15/h2-3,5-6,9,12,15,20H,4,7-8,10-11,13H2,1H3,(H2,19,21,22,23). The van der Waals surface area contributed by atoms with Gasteiger partial charge in [0, 0.05) is 26.3 Å². The van der Waals surface area contributed by atoms with E-state index >= 15 is 0 Å². The molecule has 0 amide bonds. The van der Waals surface area contributed by atoms with Gasteiger partial charge >= 0.3 is 0 Å². The molecule has 0 fully saturated rings. The van der Waals surface area contributed by atoms with Crippen LogP contribution < -0.4 is 20.7 Å². The van der Waals surface area contributed by atoms with Crippen molar-refractivity contribution in [3.8, 4) is 5.75 Å². The number of ether oxygens (including phenoxy) is 1. The van der Waals surface area contributed by atoms with Gasteiger partial charge in [-0.05, 0) is 43.5 Å². The molecule has 24 heavy (non-hydrogen) atoms. The van der Waals surface area contributed by atoms with E-state index in [1.807, 2.05) is 19.2 Å². The molecular weight excluding hydrogens is 302 g/mol. The maximum absolute atomic E-state index is 6.03. The van der Waals surface area contributed by atoms with Gasteiger partial charge in [0.25, 0.3) is 0 Å². The normalized spacial score (nSPS) is 16.1. The fraction of sp³-hybridized carbons (Fsp3) is 0.444. The second kappa shape index (κ2) is 8.49. The van der Waals surface area contributed by atoms with E-state index in [0.29, 0.717) is 5.95 Å². The third kappa shape index (κ3) is 4.58. The van der Waals surface area contributed by atoms with Crippen molar-refractivity contribution >= 4 is 11.8 Å². The van der Waals surface area contributed by atoms with Gasteiger partial charge in [-0.1, -0.05) is 18.2 Å². The second-order valence-electron chi connectivity index (χ2n) is 5.89. The molecular formula is C18H25N5O. The molecule has 0 saturated carbocycles. The van der Waals surface area contributed by atoms with Gasteiger partial charge in [-0.3, -0.25) is 0 Å². The summed E-state index contributed by atoms with van der Waals surface area (Å²) in [4.78, 5) is 8.42. The van der Waals surface area contributed by atoms with Gasteiger partial charge in [0.1, 0.15) is 17.7 Å². The highest BCUT2D eigenvalue weighted by Gasteiger charge is 2.18. The molecule has 1 atom stereocenters. The maximum atomic E-state index is 6.03. The third-order valence-corrected chi connectivity index (χ3v) is 4.09. The summed E-state index contributed by atoms with van der Waals surface area (Å²) >= 11 is 0. The van der Waals surface area contributed by atoms with E-state index in [-0.39, 0.29) is 6.10 Å². The molecule has 0 radical (unpaired) electrons. The number of hydrogen-bond donors (Lipinski definition) is 3. The van der Waals surface area contributed by atoms with Gasteiger partial charge in [-0.15, -0.1) is 0 Å². The summed E-state index contributed by atoms with van der Waals surface area (Å²) < 4.78 is 6.03. The molecule has 0 spiro atoms. The zero-order valence-corrected chi connectivity index (χ0v) is 14.1. The Kier molecular flexibility index (Phi) is 5.85. The van der Waals surface area contributed by atoms with Crippen LogP contribution in [0.25, 0.3) is 0 Å². The lowest BCUT2D eigenvalue weighted by Crippen LogP contribution is -2.35. The molecule has 3 rings (SSSR count). The van der Waals surface area contributed by atoms with E-state index in [0.717, 1.165) is 50.5 Å². The Hall–Kier alpha value is -2.34. The number of fused-ring (bicyclic) bond motifs is 1. The smallest absolute Gasteiger partial charge is 0.224 e. The monoisotopic (exact) mass is 327 g/mol. The van der Waals surface area contributed by atoms with Gasteiger partial charge < -0.3 is 20.7 Å². The minimum absolute atomic E-state index is 0.271. The Bertz CT molecular complexity index is 649. The average Bonchev–Trinajstić information content (AvgIpc) is 2.64. The van der Waals surface area contributed by atoms with E-state index in [1.54, 1.807) is 6.20 Å². The Balaban J connectivity index is 1.30. The number of aromatic nitrogens is 2. The fourth-order valence-corrected chi connectivity index (χ4v) is 2.79. The number of rotatable bonds is 8. The van der Waals surface area contributed by atoms with Crippen LogP contribution in [-0.2, 0) is 6.42 Å². The molecule has 2 heterocycles. The van der Waals surface area contributed by atoms with E-state index in [1.165, 1.54) is 5.56 Å². The molecule has 3 N–H and O–H groups in total. The summed E-state index contributed by atoms with van der Waals surface area (Å²) in [6.45, 7) is 2.73. The minimum Gasteiger partial charge on any atom is -0.489 e. The lowest BCUT2D eigenvalue weighted by Gasteiger charge is -2.26. The Morgan fingerprint density at radius 3 is 3.04 bits per heavy atom. The van der Waals surface area contributed by atoms with E-state index in [9.17, 15) is 0 Å². The van der Waals surface area contributed by atoms with Crippen molar-refractivity contribution in [2.45, 2.75) is 25.4 Å². The first-order valence-electron chi connectivity index (χ1n) is 8.55.